The van der Waals surface area contributed by atoms with Crippen LogP contribution in [0.1, 0.15) is 22.3 Å². The van der Waals surface area contributed by atoms with E-state index in [1.165, 1.54) is 12.0 Å². The number of imide groups is 1. The van der Waals surface area contributed by atoms with E-state index < -0.39 is 5.54 Å². The van der Waals surface area contributed by atoms with E-state index in [0.29, 0.717) is 24.3 Å². The van der Waals surface area contributed by atoms with Crippen LogP contribution in [0.5, 0.6) is 0 Å². The van der Waals surface area contributed by atoms with Gasteiger partial charge >= 0.3 is 12.0 Å². The highest BCUT2D eigenvalue weighted by Crippen LogP contribution is 2.33. The molecular weight excluding hydrogens is 342 g/mol. The number of nitrogens with zero attached hydrogens (tertiary/aromatic N) is 2. The minimum Gasteiger partial charge on any atom is -0.465 e. The lowest BCUT2D eigenvalue weighted by Crippen LogP contribution is -2.47. The Balaban J connectivity index is 1.61. The van der Waals surface area contributed by atoms with Crippen molar-refractivity contribution in [2.75, 3.05) is 32.3 Å². The fraction of sp³-hybridized carbons (Fsp3) is 0.471. The lowest BCUT2D eigenvalue weighted by atomic mass is 10.00. The lowest BCUT2D eigenvalue weighted by Gasteiger charge is -2.23. The molecule has 0 aromatic heterocycles. The summed E-state index contributed by atoms with van der Waals surface area (Å²) in [6.07, 6.45) is 0.692. The predicted octanol–water partition coefficient (Wildman–Crippen LogP) is 1.29. The topological polar surface area (TPSA) is 79.0 Å². The molecule has 1 N–H and O–H groups in total. The monoisotopic (exact) mass is 363 g/mol. The third-order valence-electron chi connectivity index (χ3n) is 4.48. The van der Waals surface area contributed by atoms with Crippen LogP contribution >= 0.6 is 11.8 Å². The summed E-state index contributed by atoms with van der Waals surface area (Å²) < 4.78 is 4.68. The highest BCUT2D eigenvalue weighted by Gasteiger charge is 2.52. The van der Waals surface area contributed by atoms with Crippen LogP contribution in [0.4, 0.5) is 4.79 Å². The molecule has 2 aliphatic heterocycles. The van der Waals surface area contributed by atoms with E-state index in [0.717, 1.165) is 11.3 Å². The van der Waals surface area contributed by atoms with Gasteiger partial charge in [-0.25, -0.2) is 14.5 Å². The number of amides is 3. The molecule has 1 aromatic carbocycles. The van der Waals surface area contributed by atoms with E-state index >= 15 is 0 Å². The molecular formula is C17H21N3O4S. The molecule has 0 radical (unpaired) electrons. The summed E-state index contributed by atoms with van der Waals surface area (Å²) in [5.74, 6) is 1.03. The fourth-order valence-corrected chi connectivity index (χ4v) is 4.43. The first-order valence-electron chi connectivity index (χ1n) is 8.03. The summed E-state index contributed by atoms with van der Waals surface area (Å²) in [5, 5.41) is 2.86. The number of esters is 1. The highest BCUT2D eigenvalue weighted by atomic mass is 32.2. The van der Waals surface area contributed by atoms with Gasteiger partial charge in [-0.2, -0.15) is 11.8 Å². The van der Waals surface area contributed by atoms with Crippen LogP contribution in [0.15, 0.2) is 24.3 Å². The second-order valence-corrected chi connectivity index (χ2v) is 7.50. The predicted molar refractivity (Wildman–Crippen MR) is 94.2 cm³/mol. The Morgan fingerprint density at radius 3 is 2.68 bits per heavy atom. The number of benzene rings is 1. The molecule has 2 fully saturated rings. The van der Waals surface area contributed by atoms with Gasteiger partial charge in [0.15, 0.2) is 0 Å². The SMILES string of the molecule is COC(=O)c1ccc(CN(C)CN2C(=O)NC3(CCSC3)C2=O)cc1. The molecule has 2 saturated heterocycles. The summed E-state index contributed by atoms with van der Waals surface area (Å²) in [6.45, 7) is 0.788. The first-order chi connectivity index (χ1) is 11.9. The van der Waals surface area contributed by atoms with Crippen molar-refractivity contribution in [2.24, 2.45) is 0 Å². The molecule has 2 aliphatic rings. The summed E-state index contributed by atoms with van der Waals surface area (Å²) in [4.78, 5) is 39.5. The average Bonchev–Trinajstić information content (AvgIpc) is 3.16. The van der Waals surface area contributed by atoms with Crippen LogP contribution in [0.25, 0.3) is 0 Å². The van der Waals surface area contributed by atoms with Crippen molar-refractivity contribution in [1.82, 2.24) is 15.1 Å². The van der Waals surface area contributed by atoms with Crippen molar-refractivity contribution < 1.29 is 19.1 Å². The Morgan fingerprint density at radius 1 is 1.36 bits per heavy atom. The van der Waals surface area contributed by atoms with Gasteiger partial charge < -0.3 is 10.1 Å². The summed E-state index contributed by atoms with van der Waals surface area (Å²) in [6, 6.07) is 6.76. The van der Waals surface area contributed by atoms with Crippen molar-refractivity contribution in [1.29, 1.82) is 0 Å². The van der Waals surface area contributed by atoms with E-state index in [-0.39, 0.29) is 24.6 Å². The van der Waals surface area contributed by atoms with E-state index in [9.17, 15) is 14.4 Å². The fourth-order valence-electron chi connectivity index (χ4n) is 3.10. The first kappa shape index (κ1) is 17.8. The van der Waals surface area contributed by atoms with Gasteiger partial charge in [0.1, 0.15) is 5.54 Å². The van der Waals surface area contributed by atoms with Gasteiger partial charge in [0.2, 0.25) is 0 Å². The van der Waals surface area contributed by atoms with Gasteiger partial charge in [0.05, 0.1) is 19.3 Å². The Morgan fingerprint density at radius 2 is 2.08 bits per heavy atom. The molecule has 3 rings (SSSR count). The molecule has 0 saturated carbocycles. The Labute approximate surface area is 150 Å². The number of ether oxygens (including phenoxy) is 1. The lowest BCUT2D eigenvalue weighted by molar-refractivity contribution is -0.131. The number of carbonyl (C=O) groups is 3. The van der Waals surface area contributed by atoms with E-state index in [4.69, 9.17) is 0 Å². The molecule has 1 aromatic rings. The second-order valence-electron chi connectivity index (χ2n) is 6.39. The number of methoxy groups -OCH3 is 1. The van der Waals surface area contributed by atoms with Gasteiger partial charge in [-0.15, -0.1) is 0 Å². The molecule has 0 aliphatic carbocycles. The average molecular weight is 363 g/mol. The number of hydrogen-bond acceptors (Lipinski definition) is 6. The largest absolute Gasteiger partial charge is 0.465 e. The van der Waals surface area contributed by atoms with Crippen LogP contribution in [0, 0.1) is 0 Å². The third kappa shape index (κ3) is 3.50. The second kappa shape index (κ2) is 7.05. The normalized spacial score (nSPS) is 22.8. The maximum Gasteiger partial charge on any atom is 0.337 e. The number of carbonyl (C=O) groups excluding carboxylic acids is 3. The van der Waals surface area contributed by atoms with Crippen LogP contribution in [-0.2, 0) is 16.1 Å². The van der Waals surface area contributed by atoms with Gasteiger partial charge in [-0.1, -0.05) is 12.1 Å². The maximum atomic E-state index is 12.6. The van der Waals surface area contributed by atoms with E-state index in [2.05, 4.69) is 10.1 Å². The van der Waals surface area contributed by atoms with Crippen molar-refractivity contribution in [3.63, 3.8) is 0 Å². The number of urea groups is 1. The van der Waals surface area contributed by atoms with Gasteiger partial charge in [0, 0.05) is 12.3 Å². The van der Waals surface area contributed by atoms with Gasteiger partial charge in [-0.3, -0.25) is 9.69 Å². The van der Waals surface area contributed by atoms with Gasteiger partial charge in [-0.05, 0) is 36.9 Å². The van der Waals surface area contributed by atoms with Crippen LogP contribution in [0.2, 0.25) is 0 Å². The molecule has 1 spiro atoms. The van der Waals surface area contributed by atoms with Crippen molar-refractivity contribution >= 4 is 29.7 Å². The van der Waals surface area contributed by atoms with Gasteiger partial charge in [0.25, 0.3) is 5.91 Å². The molecule has 1 unspecified atom stereocenters. The van der Waals surface area contributed by atoms with Crippen LogP contribution in [0.3, 0.4) is 0 Å². The van der Waals surface area contributed by atoms with E-state index in [1.807, 2.05) is 24.1 Å². The Hall–Kier alpha value is -2.06. The molecule has 134 valence electrons. The quantitative estimate of drug-likeness (QED) is 0.627. The summed E-state index contributed by atoms with van der Waals surface area (Å²) in [5.41, 5.74) is 0.766. The summed E-state index contributed by atoms with van der Waals surface area (Å²) in [7, 11) is 3.20. The molecule has 3 amide bonds. The van der Waals surface area contributed by atoms with Crippen LogP contribution in [-0.4, -0.2) is 65.6 Å². The molecule has 2 heterocycles. The Bertz CT molecular complexity index is 686. The van der Waals surface area contributed by atoms with Crippen molar-refractivity contribution in [2.45, 2.75) is 18.5 Å². The molecule has 7 nitrogen and oxygen atoms in total. The third-order valence-corrected chi connectivity index (χ3v) is 5.67. The zero-order valence-electron chi connectivity index (χ0n) is 14.3. The number of thioether (sulfide) groups is 1. The highest BCUT2D eigenvalue weighted by molar-refractivity contribution is 7.99. The standard InChI is InChI=1S/C17H21N3O4S/c1-19(9-12-3-5-13(6-4-12)14(21)24-2)11-20-15(22)17(18-16(20)23)7-8-25-10-17/h3-6H,7-11H2,1-2H3,(H,18,23). The Kier molecular flexibility index (Phi) is 5.01. The smallest absolute Gasteiger partial charge is 0.337 e. The minimum absolute atomic E-state index is 0.129. The van der Waals surface area contributed by atoms with Crippen LogP contribution < -0.4 is 5.32 Å². The number of rotatable bonds is 5. The number of nitrogens with one attached hydrogen (secondary N) is 1. The molecule has 1 atom stereocenters. The zero-order valence-corrected chi connectivity index (χ0v) is 15.1. The molecule has 0 bridgehead atoms. The molecule has 8 heteroatoms. The maximum absolute atomic E-state index is 12.6. The van der Waals surface area contributed by atoms with E-state index in [1.54, 1.807) is 23.9 Å². The van der Waals surface area contributed by atoms with Crippen molar-refractivity contribution in [3.05, 3.63) is 35.4 Å². The summed E-state index contributed by atoms with van der Waals surface area (Å²) >= 11 is 1.69. The zero-order chi connectivity index (χ0) is 18.0. The molecule has 25 heavy (non-hydrogen) atoms. The first-order valence-corrected chi connectivity index (χ1v) is 9.18. The minimum atomic E-state index is -0.704. The van der Waals surface area contributed by atoms with Crippen molar-refractivity contribution in [3.8, 4) is 0 Å². The number of hydrogen-bond donors (Lipinski definition) is 1.